The number of amides is 1. The number of nitro benzene ring substituents is 1. The average Bonchev–Trinajstić information content (AvgIpc) is 2.78. The summed E-state index contributed by atoms with van der Waals surface area (Å²) in [7, 11) is 0. The van der Waals surface area contributed by atoms with Crippen molar-refractivity contribution in [3.63, 3.8) is 0 Å². The maximum atomic E-state index is 13.2. The first-order valence-electron chi connectivity index (χ1n) is 10.9. The normalized spacial score (nSPS) is 22.8. The molecule has 2 bridgehead atoms. The number of nitrogens with one attached hydrogen (secondary N) is 1. The fourth-order valence-electron chi connectivity index (χ4n) is 4.70. The third-order valence-electron chi connectivity index (χ3n) is 6.38. The SMILES string of the molecule is O=C(O[C@H](C(=O)Nc1ccc([N+](=O)[O-])cc1Br)c1ccccc1)C1C[C@@H]2CCC[C@@H](C1)C2=O. The largest absolute Gasteiger partial charge is 0.447 e. The van der Waals surface area contributed by atoms with Gasteiger partial charge in [-0.1, -0.05) is 36.8 Å². The fraction of sp³-hybridized carbons (Fsp3) is 0.375. The Kier molecular flexibility index (Phi) is 6.88. The van der Waals surface area contributed by atoms with E-state index in [1.54, 1.807) is 30.3 Å². The van der Waals surface area contributed by atoms with Crippen LogP contribution >= 0.6 is 15.9 Å². The van der Waals surface area contributed by atoms with E-state index < -0.39 is 28.8 Å². The van der Waals surface area contributed by atoms with Gasteiger partial charge in [-0.15, -0.1) is 0 Å². The van der Waals surface area contributed by atoms with Crippen LogP contribution in [0.1, 0.15) is 43.8 Å². The molecule has 0 radical (unpaired) electrons. The number of carbonyl (C=O) groups is 3. The lowest BCUT2D eigenvalue weighted by Crippen LogP contribution is -2.40. The van der Waals surface area contributed by atoms with Crippen LogP contribution in [0.4, 0.5) is 11.4 Å². The summed E-state index contributed by atoms with van der Waals surface area (Å²) in [6.45, 7) is 0. The van der Waals surface area contributed by atoms with E-state index in [1.165, 1.54) is 18.2 Å². The molecule has 2 aromatic carbocycles. The van der Waals surface area contributed by atoms with E-state index in [-0.39, 0.29) is 23.3 Å². The van der Waals surface area contributed by atoms with E-state index in [1.807, 2.05) is 0 Å². The van der Waals surface area contributed by atoms with E-state index in [9.17, 15) is 24.5 Å². The zero-order valence-electron chi connectivity index (χ0n) is 17.7. The van der Waals surface area contributed by atoms with Crippen molar-refractivity contribution < 1.29 is 24.0 Å². The van der Waals surface area contributed by atoms with Crippen LogP contribution in [0.2, 0.25) is 0 Å². The van der Waals surface area contributed by atoms with E-state index in [2.05, 4.69) is 21.2 Å². The average molecular weight is 515 g/mol. The van der Waals surface area contributed by atoms with Gasteiger partial charge in [-0.3, -0.25) is 24.5 Å². The lowest BCUT2D eigenvalue weighted by Gasteiger charge is -2.36. The first-order chi connectivity index (χ1) is 15.8. The van der Waals surface area contributed by atoms with Crippen molar-refractivity contribution >= 4 is 45.0 Å². The Balaban J connectivity index is 1.52. The molecule has 33 heavy (non-hydrogen) atoms. The summed E-state index contributed by atoms with van der Waals surface area (Å²) in [4.78, 5) is 49.0. The summed E-state index contributed by atoms with van der Waals surface area (Å²) in [5.41, 5.74) is 0.706. The van der Waals surface area contributed by atoms with E-state index in [0.717, 1.165) is 19.3 Å². The van der Waals surface area contributed by atoms with Crippen LogP contribution in [0.3, 0.4) is 0 Å². The number of carbonyl (C=O) groups excluding carboxylic acids is 3. The van der Waals surface area contributed by atoms with E-state index in [4.69, 9.17) is 4.74 Å². The number of halogens is 1. The minimum atomic E-state index is -1.20. The van der Waals surface area contributed by atoms with Gasteiger partial charge in [-0.25, -0.2) is 0 Å². The highest BCUT2D eigenvalue weighted by Gasteiger charge is 2.42. The van der Waals surface area contributed by atoms with Crippen molar-refractivity contribution in [2.75, 3.05) is 5.32 Å². The molecule has 9 heteroatoms. The van der Waals surface area contributed by atoms with Crippen LogP contribution in [-0.2, 0) is 19.1 Å². The number of nitro groups is 1. The second kappa shape index (κ2) is 9.82. The smallest absolute Gasteiger partial charge is 0.310 e. The molecule has 2 aromatic rings. The van der Waals surface area contributed by atoms with Gasteiger partial charge in [0.05, 0.1) is 16.5 Å². The third-order valence-corrected chi connectivity index (χ3v) is 7.03. The maximum absolute atomic E-state index is 13.2. The molecule has 0 saturated heterocycles. The summed E-state index contributed by atoms with van der Waals surface area (Å²) in [5.74, 6) is -1.42. The number of Topliss-reactive ketones (excluding diaryl/α,β-unsaturated/α-hetero) is 1. The molecule has 0 spiro atoms. The molecule has 1 amide bonds. The van der Waals surface area contributed by atoms with Gasteiger partial charge in [0.25, 0.3) is 11.6 Å². The number of esters is 1. The molecule has 0 aliphatic heterocycles. The van der Waals surface area contributed by atoms with Gasteiger partial charge in [0.1, 0.15) is 5.78 Å². The molecule has 0 heterocycles. The Hall–Kier alpha value is -3.07. The molecule has 1 N–H and O–H groups in total. The van der Waals surface area contributed by atoms with Crippen molar-refractivity contribution in [1.82, 2.24) is 0 Å². The summed E-state index contributed by atoms with van der Waals surface area (Å²) >= 11 is 3.24. The Bertz CT molecular complexity index is 1070. The molecule has 8 nitrogen and oxygen atoms in total. The van der Waals surface area contributed by atoms with Gasteiger partial charge in [0, 0.05) is 34.0 Å². The maximum Gasteiger partial charge on any atom is 0.310 e. The monoisotopic (exact) mass is 514 g/mol. The molecular formula is C24H23BrN2O6. The molecule has 3 atom stereocenters. The first kappa shape index (κ1) is 23.1. The van der Waals surface area contributed by atoms with Gasteiger partial charge in [0.15, 0.2) is 0 Å². The standard InChI is InChI=1S/C24H23BrN2O6/c25-19-13-18(27(31)32)9-10-20(19)26-23(29)22(14-5-2-1-3-6-14)33-24(30)17-11-15-7-4-8-16(12-17)21(15)28/h1-3,5-6,9-10,13,15-17,22H,4,7-8,11-12H2,(H,26,29)/t15-,16-,22-/m0/s1. The van der Waals surface area contributed by atoms with Crippen LogP contribution in [-0.4, -0.2) is 22.6 Å². The molecule has 2 saturated carbocycles. The van der Waals surface area contributed by atoms with Crippen LogP contribution in [0.15, 0.2) is 53.0 Å². The molecule has 2 aliphatic rings. The minimum Gasteiger partial charge on any atom is -0.447 e. The summed E-state index contributed by atoms with van der Waals surface area (Å²) in [6.07, 6.45) is 2.34. The van der Waals surface area contributed by atoms with Crippen LogP contribution in [0.5, 0.6) is 0 Å². The Morgan fingerprint density at radius 3 is 2.36 bits per heavy atom. The number of fused-ring (bicyclic) bond motifs is 2. The van der Waals surface area contributed by atoms with Crippen LogP contribution in [0, 0.1) is 27.9 Å². The second-order valence-corrected chi connectivity index (χ2v) is 9.39. The number of ether oxygens (including phenoxy) is 1. The number of non-ortho nitro benzene ring substituents is 1. The summed E-state index contributed by atoms with van der Waals surface area (Å²) in [6, 6.07) is 12.7. The number of ketones is 1. The van der Waals surface area contributed by atoms with E-state index in [0.29, 0.717) is 28.6 Å². The predicted molar refractivity (Wildman–Crippen MR) is 123 cm³/mol. The molecule has 2 aliphatic carbocycles. The highest BCUT2D eigenvalue weighted by Crippen LogP contribution is 2.41. The predicted octanol–water partition coefficient (Wildman–Crippen LogP) is 4.98. The van der Waals surface area contributed by atoms with Gasteiger partial charge >= 0.3 is 5.97 Å². The zero-order valence-corrected chi connectivity index (χ0v) is 19.3. The molecule has 0 aromatic heterocycles. The summed E-state index contributed by atoms with van der Waals surface area (Å²) in [5, 5.41) is 13.7. The zero-order chi connectivity index (χ0) is 23.5. The Morgan fingerprint density at radius 2 is 1.76 bits per heavy atom. The van der Waals surface area contributed by atoms with Crippen molar-refractivity contribution in [3.05, 3.63) is 68.7 Å². The number of hydrogen-bond acceptors (Lipinski definition) is 6. The van der Waals surface area contributed by atoms with Crippen molar-refractivity contribution in [2.45, 2.75) is 38.2 Å². The fourth-order valence-corrected chi connectivity index (χ4v) is 5.17. The van der Waals surface area contributed by atoms with Crippen LogP contribution in [0.25, 0.3) is 0 Å². The minimum absolute atomic E-state index is 0.102. The van der Waals surface area contributed by atoms with E-state index >= 15 is 0 Å². The van der Waals surface area contributed by atoms with Crippen molar-refractivity contribution in [1.29, 1.82) is 0 Å². The summed E-state index contributed by atoms with van der Waals surface area (Å²) < 4.78 is 6.06. The molecule has 0 unspecified atom stereocenters. The van der Waals surface area contributed by atoms with Crippen molar-refractivity contribution in [2.24, 2.45) is 17.8 Å². The number of anilines is 1. The van der Waals surface area contributed by atoms with Gasteiger partial charge in [-0.05, 0) is 47.7 Å². The number of nitrogens with zero attached hydrogens (tertiary/aromatic N) is 1. The van der Waals surface area contributed by atoms with Gasteiger partial charge in [-0.2, -0.15) is 0 Å². The molecular weight excluding hydrogens is 492 g/mol. The quantitative estimate of drug-likeness (QED) is 0.330. The lowest BCUT2D eigenvalue weighted by atomic mass is 9.67. The Labute approximate surface area is 199 Å². The first-order valence-corrected chi connectivity index (χ1v) is 11.7. The lowest BCUT2D eigenvalue weighted by molar-refractivity contribution is -0.384. The number of hydrogen-bond donors (Lipinski definition) is 1. The van der Waals surface area contributed by atoms with Crippen molar-refractivity contribution in [3.8, 4) is 0 Å². The molecule has 2 fully saturated rings. The molecule has 4 rings (SSSR count). The third kappa shape index (κ3) is 5.13. The highest BCUT2D eigenvalue weighted by molar-refractivity contribution is 9.10. The van der Waals surface area contributed by atoms with Crippen LogP contribution < -0.4 is 5.32 Å². The Morgan fingerprint density at radius 1 is 1.09 bits per heavy atom. The van der Waals surface area contributed by atoms with Gasteiger partial charge < -0.3 is 10.1 Å². The number of rotatable bonds is 6. The highest BCUT2D eigenvalue weighted by atomic mass is 79.9. The van der Waals surface area contributed by atoms with Gasteiger partial charge in [0.2, 0.25) is 6.10 Å². The molecule has 172 valence electrons. The second-order valence-electron chi connectivity index (χ2n) is 8.53. The topological polar surface area (TPSA) is 116 Å². The number of benzene rings is 2.